The van der Waals surface area contributed by atoms with E-state index in [1.807, 2.05) is 18.2 Å². The van der Waals surface area contributed by atoms with Gasteiger partial charge in [-0.1, -0.05) is 23.7 Å². The maximum absolute atomic E-state index is 12.5. The van der Waals surface area contributed by atoms with E-state index >= 15 is 0 Å². The molecule has 0 atom stereocenters. The molecule has 1 saturated carbocycles. The van der Waals surface area contributed by atoms with Gasteiger partial charge >= 0.3 is 0 Å². The second kappa shape index (κ2) is 8.23. The van der Waals surface area contributed by atoms with E-state index in [1.54, 1.807) is 12.1 Å². The van der Waals surface area contributed by atoms with Gasteiger partial charge in [0.15, 0.2) is 9.84 Å². The van der Waals surface area contributed by atoms with Gasteiger partial charge in [-0.05, 0) is 67.6 Å². The van der Waals surface area contributed by atoms with E-state index in [9.17, 15) is 13.2 Å². The minimum Gasteiger partial charge on any atom is -0.349 e. The van der Waals surface area contributed by atoms with Crippen LogP contribution < -0.4 is 11.1 Å². The summed E-state index contributed by atoms with van der Waals surface area (Å²) in [6.07, 6.45) is 4.56. The highest BCUT2D eigenvalue weighted by Gasteiger charge is 2.36. The van der Waals surface area contributed by atoms with Crippen molar-refractivity contribution in [2.75, 3.05) is 12.8 Å². The molecule has 0 aromatic heterocycles. The Bertz CT molecular complexity index is 950. The first kappa shape index (κ1) is 20.8. The molecular formula is C21H25ClN2O3S. The predicted octanol–water partition coefficient (Wildman–Crippen LogP) is 3.31. The lowest BCUT2D eigenvalue weighted by Gasteiger charge is -2.40. The second-order valence-corrected chi connectivity index (χ2v) is 9.99. The highest BCUT2D eigenvalue weighted by Crippen LogP contribution is 2.39. The average Bonchev–Trinajstić information content (AvgIpc) is 2.68. The number of amides is 1. The summed E-state index contributed by atoms with van der Waals surface area (Å²) in [7, 11) is -3.27. The minimum absolute atomic E-state index is 0.0703. The number of nitrogens with one attached hydrogen (secondary N) is 1. The van der Waals surface area contributed by atoms with Gasteiger partial charge in [0, 0.05) is 34.8 Å². The van der Waals surface area contributed by atoms with Gasteiger partial charge in [0.05, 0.1) is 4.90 Å². The van der Waals surface area contributed by atoms with Crippen molar-refractivity contribution in [3.05, 3.63) is 64.7 Å². The molecular weight excluding hydrogens is 396 g/mol. The lowest BCUT2D eigenvalue weighted by Crippen LogP contribution is -2.45. The van der Waals surface area contributed by atoms with Crippen LogP contribution in [0.25, 0.3) is 0 Å². The fraction of sp³-hybridized carbons (Fsp3) is 0.381. The first-order valence-corrected chi connectivity index (χ1v) is 11.6. The Morgan fingerprint density at radius 2 is 1.82 bits per heavy atom. The topological polar surface area (TPSA) is 89.3 Å². The van der Waals surface area contributed by atoms with Crippen molar-refractivity contribution in [2.45, 2.75) is 42.0 Å². The third-order valence-corrected chi connectivity index (χ3v) is 7.01. The van der Waals surface area contributed by atoms with Crippen LogP contribution >= 0.6 is 11.6 Å². The molecule has 7 heteroatoms. The normalized spacial score (nSPS) is 22.6. The molecule has 3 rings (SSSR count). The van der Waals surface area contributed by atoms with Crippen LogP contribution in [0.4, 0.5) is 0 Å². The summed E-state index contributed by atoms with van der Waals surface area (Å²) < 4.78 is 23.1. The molecule has 2 aromatic carbocycles. The largest absolute Gasteiger partial charge is 0.349 e. The number of halogens is 1. The van der Waals surface area contributed by atoms with Crippen molar-refractivity contribution in [1.82, 2.24) is 5.32 Å². The molecule has 1 amide bonds. The molecule has 1 aliphatic rings. The summed E-state index contributed by atoms with van der Waals surface area (Å²) in [5, 5.41) is 3.77. The van der Waals surface area contributed by atoms with Crippen LogP contribution in [0.2, 0.25) is 5.02 Å². The number of benzene rings is 2. The van der Waals surface area contributed by atoms with Crippen molar-refractivity contribution in [2.24, 2.45) is 5.73 Å². The number of rotatable bonds is 5. The van der Waals surface area contributed by atoms with E-state index in [0.717, 1.165) is 37.5 Å². The highest BCUT2D eigenvalue weighted by molar-refractivity contribution is 7.90. The lowest BCUT2D eigenvalue weighted by atomic mass is 9.68. The summed E-state index contributed by atoms with van der Waals surface area (Å²) in [6, 6.07) is 13.9. The summed E-state index contributed by atoms with van der Waals surface area (Å²) in [5.41, 5.74) is 7.63. The lowest BCUT2D eigenvalue weighted by molar-refractivity contribution is 0.0918. The van der Waals surface area contributed by atoms with Crippen molar-refractivity contribution < 1.29 is 13.2 Å². The second-order valence-electron chi connectivity index (χ2n) is 7.54. The van der Waals surface area contributed by atoms with Gasteiger partial charge in [-0.2, -0.15) is 0 Å². The van der Waals surface area contributed by atoms with Crippen LogP contribution in [0.15, 0.2) is 53.4 Å². The molecule has 0 radical (unpaired) electrons. The Morgan fingerprint density at radius 3 is 2.36 bits per heavy atom. The molecule has 0 heterocycles. The van der Waals surface area contributed by atoms with Gasteiger partial charge in [-0.3, -0.25) is 4.79 Å². The van der Waals surface area contributed by atoms with E-state index < -0.39 is 9.84 Å². The van der Waals surface area contributed by atoms with Crippen LogP contribution in [0, 0.1) is 0 Å². The minimum atomic E-state index is -3.27. The molecule has 0 unspecified atom stereocenters. The number of carbonyl (C=O) groups excluding carboxylic acids is 1. The van der Waals surface area contributed by atoms with Crippen LogP contribution in [0.3, 0.4) is 0 Å². The zero-order valence-corrected chi connectivity index (χ0v) is 17.4. The Hall–Kier alpha value is -1.89. The summed E-state index contributed by atoms with van der Waals surface area (Å²) in [5.74, 6) is -0.187. The van der Waals surface area contributed by atoms with Gasteiger partial charge in [0.1, 0.15) is 0 Å². The molecule has 5 nitrogen and oxygen atoms in total. The van der Waals surface area contributed by atoms with E-state index in [-0.39, 0.29) is 22.3 Å². The van der Waals surface area contributed by atoms with E-state index in [2.05, 4.69) is 11.4 Å². The highest BCUT2D eigenvalue weighted by atomic mass is 35.5. The van der Waals surface area contributed by atoms with Crippen LogP contribution in [0.5, 0.6) is 0 Å². The van der Waals surface area contributed by atoms with Crippen molar-refractivity contribution >= 4 is 27.3 Å². The SMILES string of the molecule is CS(=O)(=O)c1ccc(C(=O)N[C@H]2CC[C@](CN)(c3cccc(Cl)c3)CC2)cc1. The monoisotopic (exact) mass is 420 g/mol. The fourth-order valence-corrected chi connectivity index (χ4v) is 4.69. The van der Waals surface area contributed by atoms with Gasteiger partial charge < -0.3 is 11.1 Å². The smallest absolute Gasteiger partial charge is 0.251 e. The summed E-state index contributed by atoms with van der Waals surface area (Å²) >= 11 is 6.15. The van der Waals surface area contributed by atoms with Crippen molar-refractivity contribution in [3.63, 3.8) is 0 Å². The fourth-order valence-electron chi connectivity index (χ4n) is 3.87. The van der Waals surface area contributed by atoms with Gasteiger partial charge in [-0.15, -0.1) is 0 Å². The first-order chi connectivity index (χ1) is 13.2. The standard InChI is InChI=1S/C21H25ClN2O3S/c1-28(26,27)19-7-5-15(6-8-19)20(25)24-18-9-11-21(14-23,12-10-18)16-3-2-4-17(22)13-16/h2-8,13,18H,9-12,14,23H2,1H3,(H,24,25)/t18-,21-. The Kier molecular flexibility index (Phi) is 6.12. The molecule has 0 saturated heterocycles. The Balaban J connectivity index is 1.64. The summed E-state index contributed by atoms with van der Waals surface area (Å²) in [4.78, 5) is 12.7. The molecule has 3 N–H and O–H groups in total. The Labute approximate surface area is 171 Å². The zero-order chi connectivity index (χ0) is 20.4. The van der Waals surface area contributed by atoms with Crippen LogP contribution in [-0.4, -0.2) is 33.2 Å². The predicted molar refractivity (Wildman–Crippen MR) is 111 cm³/mol. The number of hydrogen-bond acceptors (Lipinski definition) is 4. The molecule has 0 bridgehead atoms. The maximum atomic E-state index is 12.5. The zero-order valence-electron chi connectivity index (χ0n) is 15.8. The quantitative estimate of drug-likeness (QED) is 0.776. The van der Waals surface area contributed by atoms with E-state index in [0.29, 0.717) is 17.1 Å². The number of hydrogen-bond donors (Lipinski definition) is 2. The molecule has 1 fully saturated rings. The number of carbonyl (C=O) groups is 1. The van der Waals surface area contributed by atoms with E-state index in [4.69, 9.17) is 17.3 Å². The van der Waals surface area contributed by atoms with Crippen molar-refractivity contribution in [1.29, 1.82) is 0 Å². The van der Waals surface area contributed by atoms with Crippen LogP contribution in [-0.2, 0) is 15.3 Å². The van der Waals surface area contributed by atoms with Gasteiger partial charge in [0.25, 0.3) is 5.91 Å². The molecule has 28 heavy (non-hydrogen) atoms. The molecule has 150 valence electrons. The third-order valence-electron chi connectivity index (χ3n) is 5.65. The van der Waals surface area contributed by atoms with Gasteiger partial charge in [-0.25, -0.2) is 8.42 Å². The van der Waals surface area contributed by atoms with Crippen LogP contribution in [0.1, 0.15) is 41.6 Å². The molecule has 0 spiro atoms. The number of sulfone groups is 1. The third kappa shape index (κ3) is 4.57. The van der Waals surface area contributed by atoms with E-state index in [1.165, 1.54) is 12.1 Å². The van der Waals surface area contributed by atoms with Gasteiger partial charge in [0.2, 0.25) is 0 Å². The van der Waals surface area contributed by atoms with Crippen molar-refractivity contribution in [3.8, 4) is 0 Å². The average molecular weight is 421 g/mol. The summed E-state index contributed by atoms with van der Waals surface area (Å²) in [6.45, 7) is 0.543. The number of nitrogens with two attached hydrogens (primary N) is 1. The maximum Gasteiger partial charge on any atom is 0.251 e. The molecule has 0 aliphatic heterocycles. The Morgan fingerprint density at radius 1 is 1.18 bits per heavy atom. The first-order valence-electron chi connectivity index (χ1n) is 9.31. The molecule has 1 aliphatic carbocycles. The molecule has 2 aromatic rings.